The first-order valence-electron chi connectivity index (χ1n) is 5.84. The van der Waals surface area contributed by atoms with Gasteiger partial charge < -0.3 is 15.6 Å². The van der Waals surface area contributed by atoms with Gasteiger partial charge in [-0.25, -0.2) is 0 Å². The maximum Gasteiger partial charge on any atom is 0.273 e. The van der Waals surface area contributed by atoms with Gasteiger partial charge in [0.05, 0.1) is 0 Å². The molecule has 0 bridgehead atoms. The number of nitrogens with two attached hydrogens (primary N) is 1. The molecule has 1 amide bonds. The molecule has 3 N–H and O–H groups in total. The lowest BCUT2D eigenvalue weighted by molar-refractivity contribution is 0.0916. The molecule has 17 heavy (non-hydrogen) atoms. The highest BCUT2D eigenvalue weighted by atomic mass is 16.5. The number of amides is 1. The Labute approximate surface area is 100 Å². The van der Waals surface area contributed by atoms with Crippen molar-refractivity contribution in [3.63, 3.8) is 0 Å². The predicted molar refractivity (Wildman–Crippen MR) is 64.3 cm³/mol. The summed E-state index contributed by atoms with van der Waals surface area (Å²) in [6.45, 7) is 3.55. The van der Waals surface area contributed by atoms with E-state index in [0.717, 1.165) is 25.7 Å². The van der Waals surface area contributed by atoms with Gasteiger partial charge in [0.25, 0.3) is 5.91 Å². The third-order valence-corrected chi connectivity index (χ3v) is 3.07. The van der Waals surface area contributed by atoms with E-state index < -0.39 is 0 Å². The summed E-state index contributed by atoms with van der Waals surface area (Å²) in [6.07, 6.45) is 5.30. The molecule has 1 aliphatic carbocycles. The van der Waals surface area contributed by atoms with Gasteiger partial charge in [0, 0.05) is 18.2 Å². The molecule has 1 aromatic heterocycles. The van der Waals surface area contributed by atoms with Crippen LogP contribution in [0.25, 0.3) is 6.08 Å². The van der Waals surface area contributed by atoms with Crippen molar-refractivity contribution < 1.29 is 9.32 Å². The van der Waals surface area contributed by atoms with Gasteiger partial charge in [0.1, 0.15) is 0 Å². The van der Waals surface area contributed by atoms with Crippen LogP contribution in [-0.4, -0.2) is 23.1 Å². The van der Waals surface area contributed by atoms with Crippen molar-refractivity contribution in [2.75, 3.05) is 0 Å². The topological polar surface area (TPSA) is 81.2 Å². The van der Waals surface area contributed by atoms with Gasteiger partial charge in [-0.15, -0.1) is 0 Å². The van der Waals surface area contributed by atoms with Gasteiger partial charge in [-0.2, -0.15) is 0 Å². The van der Waals surface area contributed by atoms with Crippen LogP contribution in [0, 0.1) is 0 Å². The van der Waals surface area contributed by atoms with Crippen LogP contribution < -0.4 is 11.1 Å². The highest BCUT2D eigenvalue weighted by molar-refractivity contribution is 5.92. The van der Waals surface area contributed by atoms with Crippen molar-refractivity contribution >= 4 is 12.0 Å². The molecule has 1 fully saturated rings. The van der Waals surface area contributed by atoms with Crippen LogP contribution in [0.1, 0.15) is 41.9 Å². The number of hydrogen-bond acceptors (Lipinski definition) is 4. The minimum Gasteiger partial charge on any atom is -0.356 e. The minimum atomic E-state index is -0.192. The fraction of sp³-hybridized carbons (Fsp3) is 0.500. The van der Waals surface area contributed by atoms with E-state index in [1.165, 1.54) is 6.08 Å². The molecule has 0 atom stereocenters. The minimum absolute atomic E-state index is 0.192. The van der Waals surface area contributed by atoms with E-state index >= 15 is 0 Å². The Morgan fingerprint density at radius 1 is 1.53 bits per heavy atom. The molecule has 5 nitrogen and oxygen atoms in total. The molecule has 1 saturated carbocycles. The van der Waals surface area contributed by atoms with E-state index in [1.807, 2.05) is 0 Å². The maximum absolute atomic E-state index is 11.8. The SMILES string of the molecule is C=Cc1cc(C(=O)NC2CCC(N)CC2)no1. The quantitative estimate of drug-likeness (QED) is 0.827. The molecule has 92 valence electrons. The summed E-state index contributed by atoms with van der Waals surface area (Å²) in [5.74, 6) is 0.308. The van der Waals surface area contributed by atoms with E-state index in [9.17, 15) is 4.79 Å². The highest BCUT2D eigenvalue weighted by Gasteiger charge is 2.21. The van der Waals surface area contributed by atoms with Crippen molar-refractivity contribution in [2.45, 2.75) is 37.8 Å². The summed E-state index contributed by atoms with van der Waals surface area (Å²) in [7, 11) is 0. The largest absolute Gasteiger partial charge is 0.356 e. The lowest BCUT2D eigenvalue weighted by Gasteiger charge is -2.26. The van der Waals surface area contributed by atoms with Crippen molar-refractivity contribution in [3.05, 3.63) is 24.1 Å². The monoisotopic (exact) mass is 235 g/mol. The predicted octanol–water partition coefficient (Wildman–Crippen LogP) is 1.32. The standard InChI is InChI=1S/C12H17N3O2/c1-2-10-7-11(15-17-10)12(16)14-9-5-3-8(13)4-6-9/h2,7-9H,1,3-6,13H2,(H,14,16). The number of nitrogens with one attached hydrogen (secondary N) is 1. The highest BCUT2D eigenvalue weighted by Crippen LogP contribution is 2.17. The molecule has 1 aliphatic rings. The van der Waals surface area contributed by atoms with Crippen molar-refractivity contribution in [2.24, 2.45) is 5.73 Å². The van der Waals surface area contributed by atoms with Gasteiger partial charge in [0.2, 0.25) is 0 Å². The number of aromatic nitrogens is 1. The Morgan fingerprint density at radius 3 is 2.82 bits per heavy atom. The summed E-state index contributed by atoms with van der Waals surface area (Å²) in [6, 6.07) is 2.06. The third kappa shape index (κ3) is 2.94. The number of carbonyl (C=O) groups excluding carboxylic acids is 1. The second kappa shape index (κ2) is 5.14. The molecule has 0 radical (unpaired) electrons. The fourth-order valence-corrected chi connectivity index (χ4v) is 2.02. The average molecular weight is 235 g/mol. The van der Waals surface area contributed by atoms with Gasteiger partial charge in [0.15, 0.2) is 11.5 Å². The first kappa shape index (κ1) is 11.9. The Kier molecular flexibility index (Phi) is 3.58. The molecule has 1 aromatic rings. The van der Waals surface area contributed by atoms with Crippen LogP contribution in [0.5, 0.6) is 0 Å². The molecule has 1 heterocycles. The number of carbonyl (C=O) groups is 1. The van der Waals surface area contributed by atoms with Crippen molar-refractivity contribution in [1.82, 2.24) is 10.5 Å². The van der Waals surface area contributed by atoms with Gasteiger partial charge in [-0.05, 0) is 31.8 Å². The molecule has 0 spiro atoms. The first-order valence-corrected chi connectivity index (χ1v) is 5.84. The second-order valence-corrected chi connectivity index (χ2v) is 4.40. The zero-order chi connectivity index (χ0) is 12.3. The van der Waals surface area contributed by atoms with E-state index in [1.54, 1.807) is 6.07 Å². The van der Waals surface area contributed by atoms with E-state index in [2.05, 4.69) is 17.1 Å². The van der Waals surface area contributed by atoms with Crippen LogP contribution in [0.3, 0.4) is 0 Å². The van der Waals surface area contributed by atoms with Crippen LogP contribution in [-0.2, 0) is 0 Å². The van der Waals surface area contributed by atoms with Gasteiger partial charge in [-0.1, -0.05) is 11.7 Å². The second-order valence-electron chi connectivity index (χ2n) is 4.40. The number of nitrogens with zero attached hydrogens (tertiary/aromatic N) is 1. The van der Waals surface area contributed by atoms with Crippen LogP contribution >= 0.6 is 0 Å². The lowest BCUT2D eigenvalue weighted by atomic mass is 9.92. The van der Waals surface area contributed by atoms with E-state index in [0.29, 0.717) is 11.5 Å². The zero-order valence-electron chi connectivity index (χ0n) is 9.69. The Balaban J connectivity index is 1.90. The smallest absolute Gasteiger partial charge is 0.273 e. The molecule has 2 rings (SSSR count). The Morgan fingerprint density at radius 2 is 2.24 bits per heavy atom. The molecule has 0 aromatic carbocycles. The summed E-state index contributed by atoms with van der Waals surface area (Å²) in [4.78, 5) is 11.8. The number of rotatable bonds is 3. The lowest BCUT2D eigenvalue weighted by Crippen LogP contribution is -2.40. The van der Waals surface area contributed by atoms with Crippen molar-refractivity contribution in [1.29, 1.82) is 0 Å². The first-order chi connectivity index (χ1) is 8.19. The van der Waals surface area contributed by atoms with Crippen LogP contribution in [0.2, 0.25) is 0 Å². The molecular weight excluding hydrogens is 218 g/mol. The normalized spacial score (nSPS) is 24.3. The fourth-order valence-electron chi connectivity index (χ4n) is 2.02. The molecule has 0 saturated heterocycles. The summed E-state index contributed by atoms with van der Waals surface area (Å²) < 4.78 is 4.89. The third-order valence-electron chi connectivity index (χ3n) is 3.07. The molecular formula is C12H17N3O2. The Hall–Kier alpha value is -1.62. The number of hydrogen-bond donors (Lipinski definition) is 2. The zero-order valence-corrected chi connectivity index (χ0v) is 9.69. The summed E-state index contributed by atoms with van der Waals surface area (Å²) in [5, 5.41) is 6.63. The van der Waals surface area contributed by atoms with Gasteiger partial charge in [-0.3, -0.25) is 4.79 Å². The summed E-state index contributed by atoms with van der Waals surface area (Å²) >= 11 is 0. The van der Waals surface area contributed by atoms with Crippen molar-refractivity contribution in [3.8, 4) is 0 Å². The van der Waals surface area contributed by atoms with E-state index in [4.69, 9.17) is 10.3 Å². The molecule has 5 heteroatoms. The van der Waals surface area contributed by atoms with E-state index in [-0.39, 0.29) is 18.0 Å². The summed E-state index contributed by atoms with van der Waals surface area (Å²) in [5.41, 5.74) is 6.11. The van der Waals surface area contributed by atoms with Gasteiger partial charge >= 0.3 is 0 Å². The molecule has 0 aliphatic heterocycles. The van der Waals surface area contributed by atoms with Crippen LogP contribution in [0.15, 0.2) is 17.2 Å². The van der Waals surface area contributed by atoms with Crippen LogP contribution in [0.4, 0.5) is 0 Å². The molecule has 0 unspecified atom stereocenters. The average Bonchev–Trinajstić information content (AvgIpc) is 2.81. The maximum atomic E-state index is 11.8. The Bertz CT molecular complexity index is 406.